The summed E-state index contributed by atoms with van der Waals surface area (Å²) in [6.45, 7) is 11.7. The lowest BCUT2D eigenvalue weighted by atomic mass is 9.92. The smallest absolute Gasteiger partial charge is 0.236 e. The van der Waals surface area contributed by atoms with E-state index >= 15 is 0 Å². The van der Waals surface area contributed by atoms with E-state index in [1.165, 1.54) is 6.42 Å². The highest BCUT2D eigenvalue weighted by Crippen LogP contribution is 2.21. The van der Waals surface area contributed by atoms with E-state index in [1.807, 2.05) is 17.9 Å². The van der Waals surface area contributed by atoms with Gasteiger partial charge in [-0.3, -0.25) is 19.3 Å². The number of likely N-dealkylation sites (tertiary alicyclic amines) is 1. The number of rotatable bonds is 4. The van der Waals surface area contributed by atoms with Gasteiger partial charge in [0.25, 0.3) is 0 Å². The third kappa shape index (κ3) is 4.33. The fourth-order valence-electron chi connectivity index (χ4n) is 3.95. The molecule has 2 atom stereocenters. The van der Waals surface area contributed by atoms with Crippen molar-refractivity contribution in [3.05, 3.63) is 11.9 Å². The van der Waals surface area contributed by atoms with Crippen LogP contribution < -0.4 is 0 Å². The molecule has 2 aliphatic heterocycles. The molecule has 2 aliphatic rings. The molecule has 1 aromatic heterocycles. The third-order valence-electron chi connectivity index (χ3n) is 5.24. The molecule has 7 heteroatoms. The average Bonchev–Trinajstić information content (AvgIpc) is 2.93. The van der Waals surface area contributed by atoms with Crippen molar-refractivity contribution in [2.24, 2.45) is 18.9 Å². The summed E-state index contributed by atoms with van der Waals surface area (Å²) >= 11 is 0. The summed E-state index contributed by atoms with van der Waals surface area (Å²) in [7, 11) is 1.93. The normalized spacial score (nSPS) is 26.7. The molecule has 134 valence electrons. The lowest BCUT2D eigenvalue weighted by molar-refractivity contribution is -0.135. The first-order valence-electron chi connectivity index (χ1n) is 9.07. The van der Waals surface area contributed by atoms with Crippen molar-refractivity contribution in [3.63, 3.8) is 0 Å². The van der Waals surface area contributed by atoms with Crippen LogP contribution >= 0.6 is 0 Å². The molecule has 1 amide bonds. The SMILES string of the molecule is CC1CC(C)CN(C(=O)CN2CCN(Cc3cnnn3C)CC2)C1. The Kier molecular flexibility index (Phi) is 5.50. The summed E-state index contributed by atoms with van der Waals surface area (Å²) in [5.74, 6) is 1.56. The van der Waals surface area contributed by atoms with E-state index in [1.54, 1.807) is 0 Å². The number of carbonyl (C=O) groups is 1. The predicted molar refractivity (Wildman–Crippen MR) is 92.2 cm³/mol. The Hall–Kier alpha value is -1.47. The van der Waals surface area contributed by atoms with Crippen LogP contribution in [0.4, 0.5) is 0 Å². The second-order valence-corrected chi connectivity index (χ2v) is 7.65. The fraction of sp³-hybridized carbons (Fsp3) is 0.824. The zero-order valence-electron chi connectivity index (χ0n) is 15.2. The summed E-state index contributed by atoms with van der Waals surface area (Å²) < 4.78 is 1.83. The first kappa shape index (κ1) is 17.4. The Morgan fingerprint density at radius 2 is 1.75 bits per heavy atom. The van der Waals surface area contributed by atoms with Gasteiger partial charge < -0.3 is 4.90 Å². The number of amides is 1. The van der Waals surface area contributed by atoms with Crippen LogP contribution in [-0.2, 0) is 18.4 Å². The van der Waals surface area contributed by atoms with Gasteiger partial charge in [-0.1, -0.05) is 19.1 Å². The minimum Gasteiger partial charge on any atom is -0.341 e. The lowest BCUT2D eigenvalue weighted by Gasteiger charge is -2.38. The molecular formula is C17H30N6O. The Balaban J connectivity index is 1.43. The van der Waals surface area contributed by atoms with Crippen LogP contribution in [0.5, 0.6) is 0 Å². The lowest BCUT2D eigenvalue weighted by Crippen LogP contribution is -2.51. The molecule has 0 aliphatic carbocycles. The Morgan fingerprint density at radius 3 is 2.33 bits per heavy atom. The quantitative estimate of drug-likeness (QED) is 0.800. The van der Waals surface area contributed by atoms with Crippen molar-refractivity contribution >= 4 is 5.91 Å². The van der Waals surface area contributed by atoms with E-state index in [9.17, 15) is 4.79 Å². The van der Waals surface area contributed by atoms with Crippen LogP contribution in [0.15, 0.2) is 6.20 Å². The van der Waals surface area contributed by atoms with Crippen molar-refractivity contribution in [1.29, 1.82) is 0 Å². The van der Waals surface area contributed by atoms with Crippen LogP contribution in [0.2, 0.25) is 0 Å². The molecule has 2 unspecified atom stereocenters. The van der Waals surface area contributed by atoms with E-state index in [4.69, 9.17) is 0 Å². The monoisotopic (exact) mass is 334 g/mol. The molecule has 0 radical (unpaired) electrons. The molecule has 3 rings (SSSR count). The summed E-state index contributed by atoms with van der Waals surface area (Å²) in [6.07, 6.45) is 3.07. The van der Waals surface area contributed by atoms with Gasteiger partial charge in [0.05, 0.1) is 18.4 Å². The highest BCUT2D eigenvalue weighted by atomic mass is 16.2. The number of hydrogen-bond donors (Lipinski definition) is 0. The van der Waals surface area contributed by atoms with Gasteiger partial charge >= 0.3 is 0 Å². The van der Waals surface area contributed by atoms with Gasteiger partial charge in [-0.25, -0.2) is 0 Å². The molecule has 0 aromatic carbocycles. The molecule has 0 bridgehead atoms. The highest BCUT2D eigenvalue weighted by molar-refractivity contribution is 5.78. The van der Waals surface area contributed by atoms with Crippen molar-refractivity contribution in [1.82, 2.24) is 29.7 Å². The van der Waals surface area contributed by atoms with Gasteiger partial charge in [0.15, 0.2) is 0 Å². The topological polar surface area (TPSA) is 57.5 Å². The van der Waals surface area contributed by atoms with Crippen LogP contribution in [0.25, 0.3) is 0 Å². The molecule has 0 spiro atoms. The zero-order chi connectivity index (χ0) is 17.1. The third-order valence-corrected chi connectivity index (χ3v) is 5.24. The molecule has 0 N–H and O–H groups in total. The summed E-state index contributed by atoms with van der Waals surface area (Å²) in [5, 5.41) is 7.91. The van der Waals surface area contributed by atoms with Gasteiger partial charge in [-0.05, 0) is 18.3 Å². The van der Waals surface area contributed by atoms with Gasteiger partial charge in [0.2, 0.25) is 5.91 Å². The molecular weight excluding hydrogens is 304 g/mol. The van der Waals surface area contributed by atoms with Gasteiger partial charge in [0.1, 0.15) is 0 Å². The number of aryl methyl sites for hydroxylation is 1. The van der Waals surface area contributed by atoms with Crippen molar-refractivity contribution in [2.75, 3.05) is 45.8 Å². The first-order valence-corrected chi connectivity index (χ1v) is 9.07. The second kappa shape index (κ2) is 7.61. The Morgan fingerprint density at radius 1 is 1.12 bits per heavy atom. The minimum absolute atomic E-state index is 0.303. The number of aromatic nitrogens is 3. The summed E-state index contributed by atoms with van der Waals surface area (Å²) in [6, 6.07) is 0. The van der Waals surface area contributed by atoms with Crippen molar-refractivity contribution in [3.8, 4) is 0 Å². The van der Waals surface area contributed by atoms with Crippen LogP contribution in [0.3, 0.4) is 0 Å². The molecule has 0 saturated carbocycles. The first-order chi connectivity index (χ1) is 11.5. The van der Waals surface area contributed by atoms with Crippen LogP contribution in [-0.4, -0.2) is 81.4 Å². The second-order valence-electron chi connectivity index (χ2n) is 7.65. The van der Waals surface area contributed by atoms with Gasteiger partial charge in [-0.15, -0.1) is 5.10 Å². The molecule has 7 nitrogen and oxygen atoms in total. The molecule has 24 heavy (non-hydrogen) atoms. The van der Waals surface area contributed by atoms with E-state index in [0.717, 1.165) is 51.5 Å². The maximum absolute atomic E-state index is 12.6. The van der Waals surface area contributed by atoms with E-state index in [2.05, 4.69) is 38.9 Å². The Bertz CT molecular complexity index is 541. The van der Waals surface area contributed by atoms with E-state index < -0.39 is 0 Å². The van der Waals surface area contributed by atoms with Crippen molar-refractivity contribution < 1.29 is 4.79 Å². The maximum atomic E-state index is 12.6. The predicted octanol–water partition coefficient (Wildman–Crippen LogP) is 0.437. The number of carbonyl (C=O) groups excluding carboxylic acids is 1. The summed E-state index contributed by atoms with van der Waals surface area (Å²) in [4.78, 5) is 19.4. The molecule has 1 aromatic rings. The van der Waals surface area contributed by atoms with Gasteiger partial charge in [-0.2, -0.15) is 0 Å². The maximum Gasteiger partial charge on any atom is 0.236 e. The summed E-state index contributed by atoms with van der Waals surface area (Å²) in [5.41, 5.74) is 1.14. The standard InChI is InChI=1S/C17H30N6O/c1-14-8-15(2)11-23(10-14)17(24)13-22-6-4-21(5-7-22)12-16-9-18-19-20(16)3/h9,14-15H,4-8,10-13H2,1-3H3. The number of nitrogens with zero attached hydrogens (tertiary/aromatic N) is 6. The van der Waals surface area contributed by atoms with Crippen LogP contribution in [0.1, 0.15) is 26.0 Å². The number of piperazine rings is 1. The highest BCUT2D eigenvalue weighted by Gasteiger charge is 2.27. The molecule has 2 fully saturated rings. The number of hydrogen-bond acceptors (Lipinski definition) is 5. The fourth-order valence-corrected chi connectivity index (χ4v) is 3.95. The Labute approximate surface area is 144 Å². The molecule has 3 heterocycles. The van der Waals surface area contributed by atoms with Gasteiger partial charge in [0, 0.05) is 52.9 Å². The van der Waals surface area contributed by atoms with E-state index in [0.29, 0.717) is 24.3 Å². The molecule has 2 saturated heterocycles. The zero-order valence-corrected chi connectivity index (χ0v) is 15.2. The largest absolute Gasteiger partial charge is 0.341 e. The van der Waals surface area contributed by atoms with Crippen LogP contribution in [0, 0.1) is 11.8 Å². The van der Waals surface area contributed by atoms with Crippen molar-refractivity contribution in [2.45, 2.75) is 26.8 Å². The number of piperidine rings is 1. The minimum atomic E-state index is 0.303. The van der Waals surface area contributed by atoms with E-state index in [-0.39, 0.29) is 0 Å². The average molecular weight is 334 g/mol.